The number of fused-ring (bicyclic) bond motifs is 1. The zero-order valence-corrected chi connectivity index (χ0v) is 12.7. The molecule has 0 atom stereocenters. The summed E-state index contributed by atoms with van der Waals surface area (Å²) in [6.45, 7) is 2.23. The van der Waals surface area contributed by atoms with Crippen LogP contribution in [0.3, 0.4) is 0 Å². The van der Waals surface area contributed by atoms with E-state index in [0.29, 0.717) is 23.5 Å². The molecule has 1 saturated carbocycles. The second-order valence-electron chi connectivity index (χ2n) is 6.06. The van der Waals surface area contributed by atoms with Crippen molar-refractivity contribution in [2.24, 2.45) is 0 Å². The third-order valence-corrected chi connectivity index (χ3v) is 4.52. The Morgan fingerprint density at radius 3 is 2.78 bits per heavy atom. The average Bonchev–Trinajstić information content (AvgIpc) is 3.10. The van der Waals surface area contributed by atoms with Crippen molar-refractivity contribution in [1.29, 1.82) is 0 Å². The zero-order chi connectivity index (χ0) is 16.1. The van der Waals surface area contributed by atoms with Crippen molar-refractivity contribution in [3.8, 4) is 5.75 Å². The Morgan fingerprint density at radius 1 is 1.39 bits per heavy atom. The first-order valence-electron chi connectivity index (χ1n) is 7.62. The summed E-state index contributed by atoms with van der Waals surface area (Å²) in [5.41, 5.74) is 2.56. The molecule has 2 N–H and O–H groups in total. The average molecular weight is 311 g/mol. The van der Waals surface area contributed by atoms with Gasteiger partial charge in [0.15, 0.2) is 0 Å². The molecule has 3 aromatic rings. The minimum atomic E-state index is -0.954. The molecule has 0 bridgehead atoms. The minimum Gasteiger partial charge on any atom is -0.508 e. The number of imidazole rings is 1. The number of hydrogen-bond acceptors (Lipinski definition) is 3. The van der Waals surface area contributed by atoms with Crippen LogP contribution in [-0.2, 0) is 6.54 Å². The number of aromatic carboxylic acids is 1. The lowest BCUT2D eigenvalue weighted by molar-refractivity contribution is 0.0698. The van der Waals surface area contributed by atoms with Gasteiger partial charge in [-0.2, -0.15) is 0 Å². The maximum Gasteiger partial charge on any atom is 0.338 e. The second-order valence-corrected chi connectivity index (χ2v) is 6.06. The van der Waals surface area contributed by atoms with E-state index in [9.17, 15) is 15.0 Å². The number of nitrogens with zero attached hydrogens (tertiary/aromatic N) is 3. The van der Waals surface area contributed by atoms with E-state index in [2.05, 4.69) is 9.55 Å². The summed E-state index contributed by atoms with van der Waals surface area (Å²) < 4.78 is 3.93. The molecule has 6 heteroatoms. The van der Waals surface area contributed by atoms with Gasteiger partial charge < -0.3 is 19.3 Å². The number of aromatic hydroxyl groups is 1. The smallest absolute Gasteiger partial charge is 0.338 e. The Labute approximate surface area is 132 Å². The van der Waals surface area contributed by atoms with Gasteiger partial charge in [-0.3, -0.25) is 0 Å². The third kappa shape index (κ3) is 2.10. The van der Waals surface area contributed by atoms with Gasteiger partial charge in [0.1, 0.15) is 5.75 Å². The van der Waals surface area contributed by atoms with E-state index in [1.165, 1.54) is 0 Å². The van der Waals surface area contributed by atoms with Crippen LogP contribution in [0.5, 0.6) is 5.75 Å². The Morgan fingerprint density at radius 2 is 2.17 bits per heavy atom. The quantitative estimate of drug-likeness (QED) is 0.776. The van der Waals surface area contributed by atoms with Crippen LogP contribution in [0.4, 0.5) is 0 Å². The van der Waals surface area contributed by atoms with Crippen LogP contribution in [0.25, 0.3) is 10.9 Å². The molecule has 118 valence electrons. The predicted molar refractivity (Wildman–Crippen MR) is 84.9 cm³/mol. The first-order chi connectivity index (χ1) is 11.1. The summed E-state index contributed by atoms with van der Waals surface area (Å²) in [5, 5.41) is 20.7. The van der Waals surface area contributed by atoms with Gasteiger partial charge in [0, 0.05) is 40.6 Å². The number of carboxylic acid groups (broad SMARTS) is 1. The lowest BCUT2D eigenvalue weighted by Crippen LogP contribution is -2.03. The molecule has 6 nitrogen and oxygen atoms in total. The predicted octanol–water partition coefficient (Wildman–Crippen LogP) is 2.93. The fourth-order valence-corrected chi connectivity index (χ4v) is 3.37. The minimum absolute atomic E-state index is 0.113. The first-order valence-corrected chi connectivity index (χ1v) is 7.62. The molecule has 1 aliphatic rings. The number of aromatic nitrogens is 3. The highest BCUT2D eigenvalue weighted by Crippen LogP contribution is 2.43. The molecule has 0 saturated heterocycles. The second kappa shape index (κ2) is 4.87. The van der Waals surface area contributed by atoms with Crippen molar-refractivity contribution in [2.75, 3.05) is 0 Å². The molecule has 4 rings (SSSR count). The number of phenols is 1. The lowest BCUT2D eigenvalue weighted by Gasteiger charge is -2.10. The number of benzene rings is 1. The normalized spacial score (nSPS) is 14.5. The molecule has 0 aliphatic heterocycles. The highest BCUT2D eigenvalue weighted by atomic mass is 16.4. The van der Waals surface area contributed by atoms with E-state index in [-0.39, 0.29) is 11.3 Å². The Hall–Kier alpha value is -2.76. The van der Waals surface area contributed by atoms with Gasteiger partial charge >= 0.3 is 5.97 Å². The van der Waals surface area contributed by atoms with E-state index in [0.717, 1.165) is 24.1 Å². The third-order valence-electron chi connectivity index (χ3n) is 4.52. The fraction of sp³-hybridized carbons (Fsp3) is 0.294. The van der Waals surface area contributed by atoms with E-state index in [4.69, 9.17) is 0 Å². The summed E-state index contributed by atoms with van der Waals surface area (Å²) in [7, 11) is 0. The number of carbonyl (C=O) groups is 1. The van der Waals surface area contributed by atoms with Crippen molar-refractivity contribution in [3.63, 3.8) is 0 Å². The lowest BCUT2D eigenvalue weighted by atomic mass is 10.0. The fourth-order valence-electron chi connectivity index (χ4n) is 3.37. The van der Waals surface area contributed by atoms with Crippen molar-refractivity contribution in [2.45, 2.75) is 32.4 Å². The molecule has 0 spiro atoms. The van der Waals surface area contributed by atoms with Gasteiger partial charge in [0.05, 0.1) is 18.4 Å². The monoisotopic (exact) mass is 311 g/mol. The van der Waals surface area contributed by atoms with Gasteiger partial charge in [-0.1, -0.05) is 0 Å². The molecule has 1 aliphatic carbocycles. The van der Waals surface area contributed by atoms with Crippen LogP contribution < -0.4 is 0 Å². The van der Waals surface area contributed by atoms with Crippen LogP contribution in [0.1, 0.15) is 40.5 Å². The molecule has 0 unspecified atom stereocenters. The Balaban J connectivity index is 2.03. The van der Waals surface area contributed by atoms with Gasteiger partial charge in [0.2, 0.25) is 0 Å². The molecule has 1 fully saturated rings. The van der Waals surface area contributed by atoms with E-state index >= 15 is 0 Å². The summed E-state index contributed by atoms with van der Waals surface area (Å²) in [5.74, 6) is -0.842. The summed E-state index contributed by atoms with van der Waals surface area (Å²) in [4.78, 5) is 15.9. The van der Waals surface area contributed by atoms with Gasteiger partial charge in [-0.15, -0.1) is 0 Å². The van der Waals surface area contributed by atoms with Crippen LogP contribution in [-0.4, -0.2) is 30.3 Å². The molecular formula is C17H17N3O3. The molecule has 0 radical (unpaired) electrons. The summed E-state index contributed by atoms with van der Waals surface area (Å²) in [6.07, 6.45) is 7.26. The van der Waals surface area contributed by atoms with Crippen LogP contribution in [0.2, 0.25) is 0 Å². The highest BCUT2D eigenvalue weighted by molar-refractivity contribution is 6.07. The van der Waals surface area contributed by atoms with Crippen LogP contribution >= 0.6 is 0 Å². The summed E-state index contributed by atoms with van der Waals surface area (Å²) >= 11 is 0. The first kappa shape index (κ1) is 13.9. The molecule has 0 amide bonds. The number of rotatable bonds is 4. The van der Waals surface area contributed by atoms with E-state index in [1.807, 2.05) is 17.6 Å². The zero-order valence-electron chi connectivity index (χ0n) is 12.7. The molecule has 2 aromatic heterocycles. The maximum absolute atomic E-state index is 11.8. The van der Waals surface area contributed by atoms with Crippen LogP contribution in [0, 0.1) is 6.92 Å². The number of carboxylic acids is 1. The highest BCUT2D eigenvalue weighted by Gasteiger charge is 2.31. The van der Waals surface area contributed by atoms with E-state index < -0.39 is 5.97 Å². The van der Waals surface area contributed by atoms with E-state index in [1.54, 1.807) is 24.8 Å². The molecule has 23 heavy (non-hydrogen) atoms. The van der Waals surface area contributed by atoms with Crippen molar-refractivity contribution in [1.82, 2.24) is 14.1 Å². The van der Waals surface area contributed by atoms with Gasteiger partial charge in [0.25, 0.3) is 0 Å². The van der Waals surface area contributed by atoms with Crippen LogP contribution in [0.15, 0.2) is 30.9 Å². The van der Waals surface area contributed by atoms with Gasteiger partial charge in [-0.05, 0) is 31.9 Å². The molecule has 2 heterocycles. The Bertz CT molecular complexity index is 905. The standard InChI is InChI=1S/C17H17N3O3/c1-10-15(17(22)23)16-12(8-19-7-6-18-9-19)14(21)5-4-13(16)20(10)11-2-3-11/h4-7,9,11,21H,2-3,8H2,1H3,(H,22,23). The van der Waals surface area contributed by atoms with Gasteiger partial charge in [-0.25, -0.2) is 9.78 Å². The molecular weight excluding hydrogens is 294 g/mol. The van der Waals surface area contributed by atoms with Crippen molar-refractivity contribution in [3.05, 3.63) is 47.7 Å². The number of phenolic OH excluding ortho intramolecular Hbond substituents is 1. The topological polar surface area (TPSA) is 80.3 Å². The number of hydrogen-bond donors (Lipinski definition) is 2. The maximum atomic E-state index is 11.8. The van der Waals surface area contributed by atoms with Crippen molar-refractivity contribution >= 4 is 16.9 Å². The summed E-state index contributed by atoms with van der Waals surface area (Å²) in [6, 6.07) is 3.84. The molecule has 1 aromatic carbocycles. The largest absolute Gasteiger partial charge is 0.508 e. The van der Waals surface area contributed by atoms with Crippen molar-refractivity contribution < 1.29 is 15.0 Å². The SMILES string of the molecule is Cc1c(C(=O)O)c2c(Cn3ccnc3)c(O)ccc2n1C1CC1. The Kier molecular flexibility index (Phi) is 2.94.